The van der Waals surface area contributed by atoms with E-state index in [-0.39, 0.29) is 24.2 Å². The van der Waals surface area contributed by atoms with Crippen LogP contribution in [0.25, 0.3) is 0 Å². The first-order valence-corrected chi connectivity index (χ1v) is 7.55. The molecule has 1 heterocycles. The van der Waals surface area contributed by atoms with Crippen LogP contribution in [0.3, 0.4) is 0 Å². The van der Waals surface area contributed by atoms with E-state index in [1.807, 2.05) is 13.0 Å². The average molecular weight is 335 g/mol. The molecule has 24 heavy (non-hydrogen) atoms. The second kappa shape index (κ2) is 5.64. The lowest BCUT2D eigenvalue weighted by molar-refractivity contribution is -0.0410. The van der Waals surface area contributed by atoms with Crippen LogP contribution in [-0.4, -0.2) is 20.3 Å². The number of aromatic nitrogens is 2. The largest absolute Gasteiger partial charge is 0.387 e. The van der Waals surface area contributed by atoms with Gasteiger partial charge in [0, 0.05) is 6.42 Å². The van der Waals surface area contributed by atoms with Gasteiger partial charge in [0.2, 0.25) is 0 Å². The molecule has 0 amide bonds. The SMILES string of the molecule is CC1(C(O)(Cc2ccc(F)c(F)c2F)Cn2cncc2C#N)CC1. The van der Waals surface area contributed by atoms with Crippen LogP contribution in [0.1, 0.15) is 31.0 Å². The van der Waals surface area contributed by atoms with Crippen molar-refractivity contribution in [3.05, 3.63) is 53.4 Å². The Labute approximate surface area is 137 Å². The van der Waals surface area contributed by atoms with Gasteiger partial charge in [0.25, 0.3) is 0 Å². The average Bonchev–Trinajstić information content (AvgIpc) is 3.16. The molecule has 4 nitrogen and oxygen atoms in total. The first-order chi connectivity index (χ1) is 11.3. The fourth-order valence-electron chi connectivity index (χ4n) is 2.95. The van der Waals surface area contributed by atoms with Crippen LogP contribution in [-0.2, 0) is 13.0 Å². The Bertz CT molecular complexity index is 823. The fourth-order valence-corrected chi connectivity index (χ4v) is 2.95. The van der Waals surface area contributed by atoms with Gasteiger partial charge in [-0.1, -0.05) is 13.0 Å². The quantitative estimate of drug-likeness (QED) is 0.855. The number of aliphatic hydroxyl groups is 1. The minimum absolute atomic E-state index is 0.0187. The molecule has 0 spiro atoms. The van der Waals surface area contributed by atoms with Crippen molar-refractivity contribution in [2.24, 2.45) is 5.41 Å². The standard InChI is InChI=1S/C17H16F3N3O/c1-16(4-5-16)17(24,9-23-10-22-8-12(23)7-21)6-11-2-3-13(18)15(20)14(11)19/h2-3,8,10,24H,4-6,9H2,1H3. The number of hydrogen-bond donors (Lipinski definition) is 1. The first-order valence-electron chi connectivity index (χ1n) is 7.55. The predicted octanol–water partition coefficient (Wildman–Crippen LogP) is 2.95. The molecule has 0 saturated heterocycles. The zero-order valence-corrected chi connectivity index (χ0v) is 13.1. The second-order valence-corrected chi connectivity index (χ2v) is 6.62. The highest BCUT2D eigenvalue weighted by Crippen LogP contribution is 2.55. The summed E-state index contributed by atoms with van der Waals surface area (Å²) in [5.41, 5.74) is -1.72. The van der Waals surface area contributed by atoms with E-state index in [2.05, 4.69) is 4.98 Å². The molecule has 3 rings (SSSR count). The van der Waals surface area contributed by atoms with Gasteiger partial charge in [-0.05, 0) is 29.9 Å². The number of benzene rings is 1. The number of rotatable bonds is 5. The van der Waals surface area contributed by atoms with Gasteiger partial charge in [0.05, 0.1) is 24.7 Å². The summed E-state index contributed by atoms with van der Waals surface area (Å²) in [6.07, 6.45) is 4.05. The number of nitrogens with zero attached hydrogens (tertiary/aromatic N) is 3. The molecule has 0 aliphatic heterocycles. The lowest BCUT2D eigenvalue weighted by Crippen LogP contribution is -2.45. The van der Waals surface area contributed by atoms with Gasteiger partial charge in [-0.25, -0.2) is 18.2 Å². The highest BCUT2D eigenvalue weighted by Gasteiger charge is 2.55. The van der Waals surface area contributed by atoms with Crippen LogP contribution in [0, 0.1) is 34.2 Å². The van der Waals surface area contributed by atoms with E-state index in [9.17, 15) is 18.3 Å². The third-order valence-corrected chi connectivity index (χ3v) is 4.98. The minimum Gasteiger partial charge on any atom is -0.387 e. The summed E-state index contributed by atoms with van der Waals surface area (Å²) < 4.78 is 42.1. The number of halogens is 3. The van der Waals surface area contributed by atoms with Crippen molar-refractivity contribution in [3.8, 4) is 6.07 Å². The van der Waals surface area contributed by atoms with E-state index in [4.69, 9.17) is 5.26 Å². The van der Waals surface area contributed by atoms with E-state index >= 15 is 0 Å². The van der Waals surface area contributed by atoms with E-state index < -0.39 is 28.5 Å². The van der Waals surface area contributed by atoms with Gasteiger partial charge >= 0.3 is 0 Å². The molecule has 1 N–H and O–H groups in total. The third kappa shape index (κ3) is 2.67. The van der Waals surface area contributed by atoms with Gasteiger partial charge in [0.1, 0.15) is 11.8 Å². The molecule has 1 aliphatic carbocycles. The summed E-state index contributed by atoms with van der Waals surface area (Å²) >= 11 is 0. The second-order valence-electron chi connectivity index (χ2n) is 6.62. The lowest BCUT2D eigenvalue weighted by atomic mass is 9.80. The van der Waals surface area contributed by atoms with Crippen LogP contribution in [0.15, 0.2) is 24.7 Å². The van der Waals surface area contributed by atoms with Crippen LogP contribution in [0.2, 0.25) is 0 Å². The molecule has 1 atom stereocenters. The Morgan fingerprint density at radius 1 is 1.33 bits per heavy atom. The normalized spacial score (nSPS) is 18.0. The molecule has 1 aromatic heterocycles. The summed E-state index contributed by atoms with van der Waals surface area (Å²) in [7, 11) is 0. The zero-order chi connectivity index (χ0) is 17.5. The fraction of sp³-hybridized carbons (Fsp3) is 0.412. The zero-order valence-electron chi connectivity index (χ0n) is 13.1. The van der Waals surface area contributed by atoms with Crippen molar-refractivity contribution in [3.63, 3.8) is 0 Å². The van der Waals surface area contributed by atoms with Crippen molar-refractivity contribution in [2.45, 2.75) is 38.3 Å². The molecule has 2 aromatic rings. The molecule has 1 fully saturated rings. The maximum Gasteiger partial charge on any atom is 0.194 e. The molecular formula is C17H16F3N3O. The smallest absolute Gasteiger partial charge is 0.194 e. The summed E-state index contributed by atoms with van der Waals surface area (Å²) in [5, 5.41) is 20.3. The Hall–Kier alpha value is -2.33. The van der Waals surface area contributed by atoms with Crippen molar-refractivity contribution < 1.29 is 18.3 Å². The van der Waals surface area contributed by atoms with Crippen LogP contribution < -0.4 is 0 Å². The summed E-state index contributed by atoms with van der Waals surface area (Å²) in [4.78, 5) is 3.88. The molecule has 0 bridgehead atoms. The van der Waals surface area contributed by atoms with Gasteiger partial charge in [-0.3, -0.25) is 0 Å². The van der Waals surface area contributed by atoms with E-state index in [1.165, 1.54) is 17.1 Å². The Morgan fingerprint density at radius 3 is 2.67 bits per heavy atom. The number of imidazole rings is 1. The molecule has 1 unspecified atom stereocenters. The summed E-state index contributed by atoms with van der Waals surface area (Å²) in [5.74, 6) is -4.10. The van der Waals surface area contributed by atoms with Gasteiger partial charge < -0.3 is 9.67 Å². The number of hydrogen-bond acceptors (Lipinski definition) is 3. The summed E-state index contributed by atoms with van der Waals surface area (Å²) in [6, 6.07) is 3.96. The molecule has 126 valence electrons. The topological polar surface area (TPSA) is 61.8 Å². The van der Waals surface area contributed by atoms with Crippen molar-refractivity contribution in [1.82, 2.24) is 9.55 Å². The number of nitriles is 1. The maximum absolute atomic E-state index is 14.0. The Balaban J connectivity index is 1.96. The van der Waals surface area contributed by atoms with Crippen molar-refractivity contribution >= 4 is 0 Å². The molecular weight excluding hydrogens is 319 g/mol. The minimum atomic E-state index is -1.55. The highest BCUT2D eigenvalue weighted by atomic mass is 19.2. The van der Waals surface area contributed by atoms with Gasteiger partial charge in [0.15, 0.2) is 17.5 Å². The van der Waals surface area contributed by atoms with Crippen LogP contribution in [0.5, 0.6) is 0 Å². The highest BCUT2D eigenvalue weighted by molar-refractivity contribution is 5.25. The molecule has 1 aromatic carbocycles. The van der Waals surface area contributed by atoms with E-state index in [0.717, 1.165) is 25.0 Å². The Kier molecular flexibility index (Phi) is 3.88. The van der Waals surface area contributed by atoms with Crippen molar-refractivity contribution in [1.29, 1.82) is 5.26 Å². The predicted molar refractivity (Wildman–Crippen MR) is 79.3 cm³/mol. The third-order valence-electron chi connectivity index (χ3n) is 4.98. The lowest BCUT2D eigenvalue weighted by Gasteiger charge is -2.35. The van der Waals surface area contributed by atoms with E-state index in [1.54, 1.807) is 0 Å². The maximum atomic E-state index is 14.0. The molecule has 0 radical (unpaired) electrons. The monoisotopic (exact) mass is 335 g/mol. The van der Waals surface area contributed by atoms with E-state index in [0.29, 0.717) is 0 Å². The van der Waals surface area contributed by atoms with Gasteiger partial charge in [-0.2, -0.15) is 5.26 Å². The summed E-state index contributed by atoms with van der Waals surface area (Å²) in [6.45, 7) is 1.87. The van der Waals surface area contributed by atoms with Crippen LogP contribution in [0.4, 0.5) is 13.2 Å². The Morgan fingerprint density at radius 2 is 2.04 bits per heavy atom. The van der Waals surface area contributed by atoms with Gasteiger partial charge in [-0.15, -0.1) is 0 Å². The van der Waals surface area contributed by atoms with Crippen LogP contribution >= 0.6 is 0 Å². The molecule has 1 saturated carbocycles. The molecule has 1 aliphatic rings. The van der Waals surface area contributed by atoms with Crippen molar-refractivity contribution in [2.75, 3.05) is 0 Å². The first kappa shape index (κ1) is 16.5. The molecule has 7 heteroatoms.